The van der Waals surface area contributed by atoms with Gasteiger partial charge in [0.15, 0.2) is 0 Å². The molecule has 1 aromatic carbocycles. The molecule has 0 saturated heterocycles. The SMILES string of the molecule is Cc1cc(=O)sc2c3c(ccc12)OC[C@H](O)[C@@H]3O. The van der Waals surface area contributed by atoms with Gasteiger partial charge in [-0.05, 0) is 36.1 Å². The van der Waals surface area contributed by atoms with Gasteiger partial charge in [0.2, 0.25) is 4.74 Å². The van der Waals surface area contributed by atoms with Crippen molar-refractivity contribution < 1.29 is 14.9 Å². The van der Waals surface area contributed by atoms with Crippen molar-refractivity contribution in [1.82, 2.24) is 0 Å². The van der Waals surface area contributed by atoms with Crippen LogP contribution >= 0.6 is 11.3 Å². The molecular weight excluding hydrogens is 252 g/mol. The molecule has 0 bridgehead atoms. The van der Waals surface area contributed by atoms with E-state index >= 15 is 0 Å². The molecule has 1 aromatic heterocycles. The molecule has 1 aliphatic heterocycles. The zero-order chi connectivity index (χ0) is 12.9. The largest absolute Gasteiger partial charge is 0.490 e. The molecule has 0 unspecified atom stereocenters. The quantitative estimate of drug-likeness (QED) is 0.754. The molecule has 2 atom stereocenters. The van der Waals surface area contributed by atoms with Crippen LogP contribution in [0.25, 0.3) is 10.1 Å². The fraction of sp³-hybridized carbons (Fsp3) is 0.308. The Morgan fingerprint density at radius 1 is 1.39 bits per heavy atom. The van der Waals surface area contributed by atoms with E-state index in [2.05, 4.69) is 0 Å². The number of hydrogen-bond acceptors (Lipinski definition) is 5. The Morgan fingerprint density at radius 2 is 2.17 bits per heavy atom. The van der Waals surface area contributed by atoms with Crippen molar-refractivity contribution >= 4 is 21.4 Å². The van der Waals surface area contributed by atoms with Gasteiger partial charge < -0.3 is 14.9 Å². The van der Waals surface area contributed by atoms with Gasteiger partial charge in [0.05, 0.1) is 0 Å². The smallest absolute Gasteiger partial charge is 0.233 e. The molecule has 18 heavy (non-hydrogen) atoms. The average molecular weight is 264 g/mol. The summed E-state index contributed by atoms with van der Waals surface area (Å²) in [5.41, 5.74) is 1.39. The molecule has 0 radical (unpaired) electrons. The van der Waals surface area contributed by atoms with Crippen LogP contribution < -0.4 is 9.48 Å². The van der Waals surface area contributed by atoms with E-state index < -0.39 is 12.2 Å². The summed E-state index contributed by atoms with van der Waals surface area (Å²) in [6.07, 6.45) is -1.96. The highest BCUT2D eigenvalue weighted by atomic mass is 32.1. The van der Waals surface area contributed by atoms with Gasteiger partial charge in [-0.15, -0.1) is 0 Å². The molecule has 0 amide bonds. The zero-order valence-corrected chi connectivity index (χ0v) is 10.5. The monoisotopic (exact) mass is 264 g/mol. The third-order valence-electron chi connectivity index (χ3n) is 3.19. The number of aliphatic hydroxyl groups excluding tert-OH is 2. The summed E-state index contributed by atoms with van der Waals surface area (Å²) in [7, 11) is 0. The van der Waals surface area contributed by atoms with E-state index in [1.54, 1.807) is 12.1 Å². The maximum absolute atomic E-state index is 11.6. The van der Waals surface area contributed by atoms with Gasteiger partial charge in [-0.2, -0.15) is 0 Å². The van der Waals surface area contributed by atoms with Gasteiger partial charge in [0, 0.05) is 10.3 Å². The van der Waals surface area contributed by atoms with Crippen LogP contribution in [0.15, 0.2) is 23.0 Å². The van der Waals surface area contributed by atoms with E-state index in [-0.39, 0.29) is 11.3 Å². The van der Waals surface area contributed by atoms with Gasteiger partial charge in [-0.3, -0.25) is 4.79 Å². The highest BCUT2D eigenvalue weighted by Gasteiger charge is 2.30. The fourth-order valence-electron chi connectivity index (χ4n) is 2.25. The standard InChI is InChI=1S/C13H12O4S/c1-6-4-10(15)18-13-7(6)2-3-9-11(13)12(16)8(14)5-17-9/h2-4,8,12,14,16H,5H2,1H3/t8-,12-/m0/s1. The summed E-state index contributed by atoms with van der Waals surface area (Å²) in [5.74, 6) is 0.543. The van der Waals surface area contributed by atoms with Gasteiger partial charge in [0.25, 0.3) is 0 Å². The Balaban J connectivity index is 2.41. The summed E-state index contributed by atoms with van der Waals surface area (Å²) >= 11 is 1.07. The van der Waals surface area contributed by atoms with E-state index in [0.29, 0.717) is 16.0 Å². The normalized spacial score (nSPS) is 22.6. The first-order valence-electron chi connectivity index (χ1n) is 5.64. The van der Waals surface area contributed by atoms with Crippen LogP contribution in [-0.4, -0.2) is 22.9 Å². The summed E-state index contributed by atoms with van der Waals surface area (Å²) in [5, 5.41) is 20.7. The maximum Gasteiger partial charge on any atom is 0.233 e. The molecule has 4 nitrogen and oxygen atoms in total. The lowest BCUT2D eigenvalue weighted by atomic mass is 9.98. The van der Waals surface area contributed by atoms with Crippen LogP contribution in [0.5, 0.6) is 5.75 Å². The van der Waals surface area contributed by atoms with Crippen LogP contribution in [0.2, 0.25) is 0 Å². The molecule has 2 heterocycles. The molecule has 2 aromatic rings. The second-order valence-corrected chi connectivity index (χ2v) is 5.44. The molecule has 0 fully saturated rings. The Hall–Kier alpha value is -1.43. The zero-order valence-electron chi connectivity index (χ0n) is 9.71. The fourth-order valence-corrected chi connectivity index (χ4v) is 3.36. The molecule has 94 valence electrons. The lowest BCUT2D eigenvalue weighted by molar-refractivity contribution is -0.0244. The number of aliphatic hydroxyl groups is 2. The number of ether oxygens (including phenoxy) is 1. The molecular formula is C13H12O4S. The van der Waals surface area contributed by atoms with E-state index in [9.17, 15) is 15.0 Å². The van der Waals surface area contributed by atoms with Gasteiger partial charge >= 0.3 is 0 Å². The van der Waals surface area contributed by atoms with E-state index in [1.807, 2.05) is 13.0 Å². The van der Waals surface area contributed by atoms with Crippen LogP contribution in [0, 0.1) is 6.92 Å². The van der Waals surface area contributed by atoms with Crippen molar-refractivity contribution in [1.29, 1.82) is 0 Å². The van der Waals surface area contributed by atoms with Crippen molar-refractivity contribution in [2.45, 2.75) is 19.1 Å². The molecule has 0 saturated carbocycles. The van der Waals surface area contributed by atoms with Crippen LogP contribution in [0.1, 0.15) is 17.2 Å². The molecule has 2 N–H and O–H groups in total. The van der Waals surface area contributed by atoms with Crippen LogP contribution in [0.3, 0.4) is 0 Å². The average Bonchev–Trinajstić information content (AvgIpc) is 2.33. The van der Waals surface area contributed by atoms with Crippen molar-refractivity contribution in [3.63, 3.8) is 0 Å². The summed E-state index contributed by atoms with van der Waals surface area (Å²) < 4.78 is 6.02. The third kappa shape index (κ3) is 1.63. The predicted molar refractivity (Wildman–Crippen MR) is 69.3 cm³/mol. The summed E-state index contributed by atoms with van der Waals surface area (Å²) in [6, 6.07) is 5.23. The first kappa shape index (κ1) is 11.6. The number of aryl methyl sites for hydroxylation is 1. The van der Waals surface area contributed by atoms with Crippen LogP contribution in [-0.2, 0) is 0 Å². The predicted octanol–water partition coefficient (Wildman–Crippen LogP) is 1.36. The second kappa shape index (κ2) is 4.05. The Bertz CT molecular complexity index is 676. The van der Waals surface area contributed by atoms with Gasteiger partial charge in [-0.1, -0.05) is 11.3 Å². The van der Waals surface area contributed by atoms with E-state index in [0.717, 1.165) is 22.3 Å². The number of benzene rings is 1. The van der Waals surface area contributed by atoms with Crippen molar-refractivity contribution in [3.8, 4) is 5.75 Å². The minimum Gasteiger partial charge on any atom is -0.490 e. The molecule has 1 aliphatic rings. The number of rotatable bonds is 0. The first-order chi connectivity index (χ1) is 8.58. The van der Waals surface area contributed by atoms with Crippen LogP contribution in [0.4, 0.5) is 0 Å². The maximum atomic E-state index is 11.6. The number of fused-ring (bicyclic) bond motifs is 3. The number of hydrogen-bond donors (Lipinski definition) is 2. The van der Waals surface area contributed by atoms with Gasteiger partial charge in [0.1, 0.15) is 24.6 Å². The van der Waals surface area contributed by atoms with Crippen molar-refractivity contribution in [2.24, 2.45) is 0 Å². The highest BCUT2D eigenvalue weighted by molar-refractivity contribution is 7.16. The van der Waals surface area contributed by atoms with Crippen molar-refractivity contribution in [3.05, 3.63) is 38.9 Å². The summed E-state index contributed by atoms with van der Waals surface area (Å²) in [6.45, 7) is 1.93. The summed E-state index contributed by atoms with van der Waals surface area (Å²) in [4.78, 5) is 11.6. The first-order valence-corrected chi connectivity index (χ1v) is 6.46. The second-order valence-electron chi connectivity index (χ2n) is 4.43. The van der Waals surface area contributed by atoms with E-state index in [1.165, 1.54) is 0 Å². The molecule has 5 heteroatoms. The Morgan fingerprint density at radius 3 is 2.94 bits per heavy atom. The molecule has 3 rings (SSSR count). The van der Waals surface area contributed by atoms with Gasteiger partial charge in [-0.25, -0.2) is 0 Å². The Kier molecular flexibility index (Phi) is 2.62. The lowest BCUT2D eigenvalue weighted by Crippen LogP contribution is -2.30. The highest BCUT2D eigenvalue weighted by Crippen LogP contribution is 2.39. The minimum atomic E-state index is -1.00. The third-order valence-corrected chi connectivity index (χ3v) is 4.15. The molecule has 0 aliphatic carbocycles. The topological polar surface area (TPSA) is 66.8 Å². The molecule has 0 spiro atoms. The lowest BCUT2D eigenvalue weighted by Gasteiger charge is -2.27. The minimum absolute atomic E-state index is 0.0688. The Labute approximate surface area is 107 Å². The van der Waals surface area contributed by atoms with E-state index in [4.69, 9.17) is 4.74 Å². The van der Waals surface area contributed by atoms with Crippen molar-refractivity contribution in [2.75, 3.05) is 6.61 Å².